The number of aromatic nitrogens is 2. The van der Waals surface area contributed by atoms with Gasteiger partial charge in [-0.05, 0) is 75.1 Å². The second-order valence-corrected chi connectivity index (χ2v) is 17.4. The lowest BCUT2D eigenvalue weighted by Crippen LogP contribution is -2.54. The van der Waals surface area contributed by atoms with Gasteiger partial charge in [-0.1, -0.05) is 17.7 Å². The van der Waals surface area contributed by atoms with E-state index in [4.69, 9.17) is 18.2 Å². The molecule has 0 radical (unpaired) electrons. The van der Waals surface area contributed by atoms with E-state index >= 15 is 4.39 Å². The largest absolute Gasteiger partial charge is 0.368 e. The van der Waals surface area contributed by atoms with Gasteiger partial charge in [-0.3, -0.25) is 39.1 Å². The maximum absolute atomic E-state index is 15.5. The molecule has 2 aromatic carbocycles. The van der Waals surface area contributed by atoms with Gasteiger partial charge in [0.05, 0.1) is 28.9 Å². The molecule has 5 amide bonds. The summed E-state index contributed by atoms with van der Waals surface area (Å²) in [4.78, 5) is 88.4. The third-order valence-electron chi connectivity index (χ3n) is 13.6. The van der Waals surface area contributed by atoms with Crippen LogP contribution in [0.3, 0.4) is 0 Å². The summed E-state index contributed by atoms with van der Waals surface area (Å²) in [5.41, 5.74) is 2.40. The summed E-state index contributed by atoms with van der Waals surface area (Å²) >= 11 is 6.37. The van der Waals surface area contributed by atoms with E-state index in [1.165, 1.54) is 6.07 Å². The number of piperazine rings is 1. The van der Waals surface area contributed by atoms with Crippen molar-refractivity contribution in [2.75, 3.05) is 73.6 Å². The van der Waals surface area contributed by atoms with Gasteiger partial charge in [0.25, 0.3) is 17.7 Å². The SMILES string of the molecule is [C-]#[N+]c1ccc(N2CC3(CCN(c4ncc(C(=O)N5CCC(N6CCN(c7cc8c(cc7F)C(=O)N(C7CCC(=O)NC7=O)C8=O)CC6)CC5)cn4)CC3)C[C@@H]2C)cc1Cl. The molecule has 15 nitrogen and oxygen atoms in total. The number of anilines is 3. The highest BCUT2D eigenvalue weighted by molar-refractivity contribution is 6.33. The second kappa shape index (κ2) is 15.7. The summed E-state index contributed by atoms with van der Waals surface area (Å²) in [7, 11) is 0. The molecule has 1 spiro atoms. The van der Waals surface area contributed by atoms with E-state index in [-0.39, 0.29) is 47.0 Å². The Morgan fingerprint density at radius 3 is 2.23 bits per heavy atom. The fourth-order valence-electron chi connectivity index (χ4n) is 10.2. The summed E-state index contributed by atoms with van der Waals surface area (Å²) in [6.45, 7) is 15.7. The first-order chi connectivity index (χ1) is 28.9. The van der Waals surface area contributed by atoms with Gasteiger partial charge in [-0.15, -0.1) is 0 Å². The van der Waals surface area contributed by atoms with Crippen molar-refractivity contribution in [3.63, 3.8) is 0 Å². The molecule has 0 saturated carbocycles. The van der Waals surface area contributed by atoms with Gasteiger partial charge in [0, 0.05) is 101 Å². The number of nitrogens with zero attached hydrogens (tertiary/aromatic N) is 9. The number of piperidine rings is 3. The first-order valence-corrected chi connectivity index (χ1v) is 21.1. The van der Waals surface area contributed by atoms with Crippen LogP contribution in [-0.4, -0.2) is 131 Å². The van der Waals surface area contributed by atoms with Crippen molar-refractivity contribution in [3.05, 3.63) is 81.7 Å². The Morgan fingerprint density at radius 2 is 1.58 bits per heavy atom. The van der Waals surface area contributed by atoms with Crippen LogP contribution in [0.2, 0.25) is 5.02 Å². The minimum absolute atomic E-state index is 0.00819. The van der Waals surface area contributed by atoms with Crippen LogP contribution in [0.4, 0.5) is 27.4 Å². The Bertz CT molecular complexity index is 2300. The summed E-state index contributed by atoms with van der Waals surface area (Å²) in [5.74, 6) is -2.62. The number of amides is 5. The van der Waals surface area contributed by atoms with Crippen molar-refractivity contribution in [3.8, 4) is 0 Å². The first-order valence-electron chi connectivity index (χ1n) is 20.8. The van der Waals surface area contributed by atoms with Crippen molar-refractivity contribution in [1.29, 1.82) is 0 Å². The molecule has 0 aliphatic carbocycles. The first kappa shape index (κ1) is 39.8. The number of carbonyl (C=O) groups excluding carboxylic acids is 5. The Kier molecular flexibility index (Phi) is 10.4. The molecule has 6 aliphatic rings. The van der Waals surface area contributed by atoms with Gasteiger partial charge in [0.1, 0.15) is 11.9 Å². The van der Waals surface area contributed by atoms with Crippen molar-refractivity contribution in [2.45, 2.75) is 70.0 Å². The second-order valence-electron chi connectivity index (χ2n) is 17.0. The summed E-state index contributed by atoms with van der Waals surface area (Å²) in [5, 5.41) is 2.66. The third-order valence-corrected chi connectivity index (χ3v) is 13.9. The average Bonchev–Trinajstić information content (AvgIpc) is 3.70. The predicted molar refractivity (Wildman–Crippen MR) is 221 cm³/mol. The lowest BCUT2D eigenvalue weighted by atomic mass is 9.77. The van der Waals surface area contributed by atoms with Gasteiger partial charge >= 0.3 is 0 Å². The Hall–Kier alpha value is -5.66. The zero-order chi connectivity index (χ0) is 41.9. The number of nitrogens with one attached hydrogen (secondary N) is 1. The monoisotopic (exact) mass is 836 g/mol. The summed E-state index contributed by atoms with van der Waals surface area (Å²) in [6.07, 6.45) is 8.04. The van der Waals surface area contributed by atoms with Crippen LogP contribution in [0.15, 0.2) is 42.7 Å². The van der Waals surface area contributed by atoms with E-state index in [1.807, 2.05) is 21.9 Å². The molecule has 17 heteroatoms. The molecule has 1 unspecified atom stereocenters. The molecule has 0 bridgehead atoms. The van der Waals surface area contributed by atoms with E-state index in [0.717, 1.165) is 68.4 Å². The predicted octanol–water partition coefficient (Wildman–Crippen LogP) is 4.53. The third kappa shape index (κ3) is 7.21. The molecule has 2 atom stereocenters. The number of imide groups is 2. The van der Waals surface area contributed by atoms with Crippen molar-refractivity contribution < 1.29 is 28.4 Å². The van der Waals surface area contributed by atoms with Crippen LogP contribution in [-0.2, 0) is 9.59 Å². The van der Waals surface area contributed by atoms with Crippen LogP contribution in [0, 0.1) is 17.8 Å². The molecule has 7 heterocycles. The molecule has 9 rings (SSSR count). The topological polar surface area (TPSA) is 147 Å². The zero-order valence-corrected chi connectivity index (χ0v) is 34.2. The fourth-order valence-corrected chi connectivity index (χ4v) is 10.5. The molecule has 5 fully saturated rings. The van der Waals surface area contributed by atoms with Gasteiger partial charge < -0.3 is 19.6 Å². The Labute approximate surface area is 352 Å². The van der Waals surface area contributed by atoms with Crippen LogP contribution in [0.5, 0.6) is 0 Å². The fraction of sp³-hybridized carbons (Fsp3) is 0.488. The maximum Gasteiger partial charge on any atom is 0.262 e. The number of carbonyl (C=O) groups is 5. The van der Waals surface area contributed by atoms with E-state index in [2.05, 4.69) is 41.8 Å². The van der Waals surface area contributed by atoms with E-state index in [9.17, 15) is 24.0 Å². The molecular weight excluding hydrogens is 791 g/mol. The highest BCUT2D eigenvalue weighted by atomic mass is 35.5. The smallest absolute Gasteiger partial charge is 0.262 e. The minimum atomic E-state index is -1.11. The molecule has 1 N–H and O–H groups in total. The number of rotatable bonds is 6. The lowest BCUT2D eigenvalue weighted by molar-refractivity contribution is -0.136. The molecule has 5 saturated heterocycles. The summed E-state index contributed by atoms with van der Waals surface area (Å²) < 4.78 is 15.5. The van der Waals surface area contributed by atoms with Gasteiger partial charge in [0.2, 0.25) is 23.5 Å². The van der Waals surface area contributed by atoms with E-state index in [0.29, 0.717) is 67.5 Å². The molecule has 1 aromatic heterocycles. The number of likely N-dealkylation sites (tertiary alicyclic amines) is 1. The van der Waals surface area contributed by atoms with Crippen LogP contribution in [0.25, 0.3) is 4.85 Å². The average molecular weight is 837 g/mol. The molecule has 312 valence electrons. The van der Waals surface area contributed by atoms with Crippen molar-refractivity contribution in [2.24, 2.45) is 5.41 Å². The Balaban J connectivity index is 0.745. The maximum atomic E-state index is 15.5. The van der Waals surface area contributed by atoms with E-state index in [1.54, 1.807) is 18.5 Å². The highest BCUT2D eigenvalue weighted by Crippen LogP contribution is 2.46. The van der Waals surface area contributed by atoms with Gasteiger partial charge in [-0.2, -0.15) is 0 Å². The van der Waals surface area contributed by atoms with Crippen molar-refractivity contribution in [1.82, 2.24) is 30.0 Å². The van der Waals surface area contributed by atoms with E-state index < -0.39 is 35.5 Å². The number of hydrogen-bond acceptors (Lipinski definition) is 11. The number of hydrogen-bond donors (Lipinski definition) is 1. The molecule has 60 heavy (non-hydrogen) atoms. The number of benzene rings is 2. The zero-order valence-electron chi connectivity index (χ0n) is 33.4. The molecule has 6 aliphatic heterocycles. The summed E-state index contributed by atoms with van der Waals surface area (Å²) in [6, 6.07) is 7.71. The van der Waals surface area contributed by atoms with Crippen LogP contribution in [0.1, 0.15) is 82.9 Å². The molecule has 3 aromatic rings. The standard InChI is InChI=1S/C43H46ClFN10O5/c1-26-22-43(25-54(26)29-3-4-34(46-2)32(44)19-29)9-13-53(14-10-43)42-47-23-27(24-48-42)39(58)52-11-7-28(8-12-52)50-15-17-51(18-16-50)36-21-31-30(20-33(36)45)40(59)55(41(31)60)35-5-6-37(56)49-38(35)57/h3-4,19-21,23-24,26,28,35H,5-18,22,25H2,1H3,(H,49,56,57)/t26-,35?/m0/s1. The van der Waals surface area contributed by atoms with Crippen LogP contribution < -0.4 is 20.0 Å². The van der Waals surface area contributed by atoms with Gasteiger partial charge in [0.15, 0.2) is 0 Å². The number of fused-ring (bicyclic) bond motifs is 1. The van der Waals surface area contributed by atoms with Crippen LogP contribution >= 0.6 is 11.6 Å². The highest BCUT2D eigenvalue weighted by Gasteiger charge is 2.46. The van der Waals surface area contributed by atoms with Crippen molar-refractivity contribution >= 4 is 64.1 Å². The quantitative estimate of drug-likeness (QED) is 0.276. The van der Waals surface area contributed by atoms with Gasteiger partial charge in [-0.25, -0.2) is 19.2 Å². The number of halogens is 2. The lowest BCUT2D eigenvalue weighted by Gasteiger charge is -2.43. The minimum Gasteiger partial charge on any atom is -0.368 e. The molecular formula is C43H46ClFN10O5. The Morgan fingerprint density at radius 1 is 0.900 bits per heavy atom. The normalized spacial score (nSPS) is 23.7.